The Kier molecular flexibility index (Phi) is 7.37. The molecule has 5 aromatic rings. The predicted molar refractivity (Wildman–Crippen MR) is 175 cm³/mol. The maximum absolute atomic E-state index is 6.77. The monoisotopic (exact) mass is 572 g/mol. The molecule has 1 aliphatic rings. The predicted octanol–water partition coefficient (Wildman–Crippen LogP) is 4.71. The fraction of sp³-hybridized carbons (Fsp3) is 0.242. The summed E-state index contributed by atoms with van der Waals surface area (Å²) >= 11 is 0. The molecular weight excluding hydrogens is 536 g/mol. The molecule has 6 rings (SSSR count). The third-order valence-corrected chi connectivity index (χ3v) is 7.54. The topological polar surface area (TPSA) is 111 Å². The molecule has 3 aromatic heterocycles. The van der Waals surface area contributed by atoms with E-state index in [0.717, 1.165) is 61.3 Å². The minimum absolute atomic E-state index is 0.440. The van der Waals surface area contributed by atoms with Gasteiger partial charge in [-0.3, -0.25) is 20.0 Å². The number of aliphatic imine (C=N–C) groups is 2. The van der Waals surface area contributed by atoms with Crippen LogP contribution in [0.4, 0.5) is 11.4 Å². The molecule has 1 aliphatic heterocycles. The lowest BCUT2D eigenvalue weighted by Gasteiger charge is -2.33. The van der Waals surface area contributed by atoms with Gasteiger partial charge < -0.3 is 15.1 Å². The van der Waals surface area contributed by atoms with E-state index in [0.29, 0.717) is 18.3 Å². The second-order valence-electron chi connectivity index (χ2n) is 11.2. The third-order valence-electron chi connectivity index (χ3n) is 7.54. The number of hydrogen-bond acceptors (Lipinski definition) is 8. The Labute approximate surface area is 251 Å². The lowest BCUT2D eigenvalue weighted by molar-refractivity contribution is 0.319. The number of aryl methyl sites for hydroxylation is 2. The van der Waals surface area contributed by atoms with E-state index in [1.807, 2.05) is 78.4 Å². The summed E-state index contributed by atoms with van der Waals surface area (Å²) in [5, 5.41) is 7.10. The zero-order chi connectivity index (χ0) is 30.2. The zero-order valence-electron chi connectivity index (χ0n) is 25.4. The average molecular weight is 573 g/mol. The standard InChI is InChI=1S/C33H36N10/c1-20-15-29(41(3)4)25-17-23(7-9-27(25)37-20)31-39-32(43(34)33(40-31)36-19-22-11-13-35-14-12-22)24-8-10-28-26(18-24)30(42(5)6)16-21(2)38-28/h7-18,32H,19,34H2,1-6H3,(H,36,39,40). The van der Waals surface area contributed by atoms with Gasteiger partial charge in [-0.25, -0.2) is 15.8 Å². The second kappa shape index (κ2) is 11.3. The van der Waals surface area contributed by atoms with Gasteiger partial charge >= 0.3 is 0 Å². The highest BCUT2D eigenvalue weighted by Gasteiger charge is 2.28. The van der Waals surface area contributed by atoms with Gasteiger partial charge in [-0.15, -0.1) is 0 Å². The Morgan fingerprint density at radius 2 is 1.42 bits per heavy atom. The van der Waals surface area contributed by atoms with Crippen molar-refractivity contribution >= 4 is 45.0 Å². The van der Waals surface area contributed by atoms with Crippen molar-refractivity contribution in [2.24, 2.45) is 15.8 Å². The van der Waals surface area contributed by atoms with Crippen LogP contribution in [0.15, 0.2) is 83.0 Å². The summed E-state index contributed by atoms with van der Waals surface area (Å²) < 4.78 is 0. The van der Waals surface area contributed by atoms with Gasteiger partial charge in [0.05, 0.1) is 17.6 Å². The number of hydrogen-bond donors (Lipinski definition) is 2. The van der Waals surface area contributed by atoms with E-state index < -0.39 is 6.17 Å². The minimum Gasteiger partial charge on any atom is -0.377 e. The highest BCUT2D eigenvalue weighted by atomic mass is 15.6. The van der Waals surface area contributed by atoms with Crippen molar-refractivity contribution in [2.45, 2.75) is 26.6 Å². The Hall–Kier alpha value is -5.09. The van der Waals surface area contributed by atoms with Crippen LogP contribution in [0.3, 0.4) is 0 Å². The van der Waals surface area contributed by atoms with Crippen LogP contribution < -0.4 is 21.0 Å². The number of pyridine rings is 3. The van der Waals surface area contributed by atoms with Crippen LogP contribution >= 0.6 is 0 Å². The fourth-order valence-corrected chi connectivity index (χ4v) is 5.40. The largest absolute Gasteiger partial charge is 0.377 e. The van der Waals surface area contributed by atoms with Gasteiger partial charge in [0.2, 0.25) is 5.96 Å². The molecule has 0 fully saturated rings. The van der Waals surface area contributed by atoms with Crippen LogP contribution in [-0.2, 0) is 6.54 Å². The molecule has 3 N–H and O–H groups in total. The maximum atomic E-state index is 6.77. The van der Waals surface area contributed by atoms with E-state index >= 15 is 0 Å². The molecule has 4 heterocycles. The fourth-order valence-electron chi connectivity index (χ4n) is 5.40. The van der Waals surface area contributed by atoms with E-state index in [-0.39, 0.29) is 0 Å². The summed E-state index contributed by atoms with van der Waals surface area (Å²) in [4.78, 5) is 27.9. The minimum atomic E-state index is -0.520. The van der Waals surface area contributed by atoms with Crippen molar-refractivity contribution < 1.29 is 0 Å². The van der Waals surface area contributed by atoms with Crippen LogP contribution in [0.1, 0.15) is 34.2 Å². The summed E-state index contributed by atoms with van der Waals surface area (Å²) in [6.45, 7) is 4.47. The van der Waals surface area contributed by atoms with Crippen LogP contribution in [0.2, 0.25) is 0 Å². The van der Waals surface area contributed by atoms with E-state index in [1.54, 1.807) is 17.4 Å². The number of amidine groups is 1. The maximum Gasteiger partial charge on any atom is 0.216 e. The number of anilines is 2. The van der Waals surface area contributed by atoms with E-state index in [9.17, 15) is 0 Å². The summed E-state index contributed by atoms with van der Waals surface area (Å²) in [6, 6.07) is 20.5. The van der Waals surface area contributed by atoms with Crippen molar-refractivity contribution in [3.05, 3.63) is 101 Å². The van der Waals surface area contributed by atoms with Crippen LogP contribution in [0, 0.1) is 13.8 Å². The molecule has 0 saturated carbocycles. The normalized spacial score (nSPS) is 16.0. The number of nitrogens with two attached hydrogens (primary N) is 1. The molecule has 0 amide bonds. The van der Waals surface area contributed by atoms with Gasteiger partial charge in [-0.05, 0) is 79.6 Å². The first kappa shape index (κ1) is 28.0. The molecule has 10 heteroatoms. The molecule has 218 valence electrons. The van der Waals surface area contributed by atoms with Gasteiger partial charge in [0.25, 0.3) is 0 Å². The number of hydrazine groups is 1. The highest BCUT2D eigenvalue weighted by Crippen LogP contribution is 2.32. The first-order valence-corrected chi connectivity index (χ1v) is 14.2. The molecule has 1 atom stereocenters. The first-order valence-electron chi connectivity index (χ1n) is 14.2. The Balaban J connectivity index is 1.49. The second-order valence-corrected chi connectivity index (χ2v) is 11.2. The summed E-state index contributed by atoms with van der Waals surface area (Å²) in [6.07, 6.45) is 3.01. The summed E-state index contributed by atoms with van der Waals surface area (Å²) in [5.41, 5.74) is 8.87. The van der Waals surface area contributed by atoms with E-state index in [1.165, 1.54) is 0 Å². The Bertz CT molecular complexity index is 1880. The smallest absolute Gasteiger partial charge is 0.216 e. The molecule has 0 saturated heterocycles. The molecular formula is C33H36N10. The number of benzene rings is 2. The zero-order valence-corrected chi connectivity index (χ0v) is 25.4. The average Bonchev–Trinajstić information content (AvgIpc) is 2.99. The summed E-state index contributed by atoms with van der Waals surface area (Å²) in [7, 11) is 8.17. The Morgan fingerprint density at radius 3 is 2.05 bits per heavy atom. The van der Waals surface area contributed by atoms with E-state index in [4.69, 9.17) is 25.8 Å². The van der Waals surface area contributed by atoms with Gasteiger partial charge in [-0.1, -0.05) is 6.07 Å². The van der Waals surface area contributed by atoms with Gasteiger partial charge in [0, 0.05) is 79.7 Å². The van der Waals surface area contributed by atoms with Gasteiger partial charge in [0.15, 0.2) is 6.17 Å². The molecule has 2 aromatic carbocycles. The molecule has 1 unspecified atom stereocenters. The highest BCUT2D eigenvalue weighted by molar-refractivity contribution is 6.12. The molecule has 0 aliphatic carbocycles. The molecule has 0 bridgehead atoms. The first-order chi connectivity index (χ1) is 20.7. The van der Waals surface area contributed by atoms with E-state index in [2.05, 4.69) is 44.4 Å². The number of nitrogens with one attached hydrogen (secondary N) is 1. The van der Waals surface area contributed by atoms with Crippen LogP contribution in [0.5, 0.6) is 0 Å². The van der Waals surface area contributed by atoms with Crippen LogP contribution in [-0.4, -0.2) is 59.9 Å². The molecule has 0 radical (unpaired) electrons. The van der Waals surface area contributed by atoms with Crippen molar-refractivity contribution in [3.63, 3.8) is 0 Å². The SMILES string of the molecule is Cc1cc(N(C)C)c2cc(C3=NC(c4ccc5nc(C)cc(N(C)C)c5c4)N(N)C(=NCc4ccncc4)N3)ccc2n1. The molecule has 10 nitrogen and oxygen atoms in total. The number of nitrogens with zero attached hydrogens (tertiary/aromatic N) is 8. The van der Waals surface area contributed by atoms with Crippen molar-refractivity contribution in [2.75, 3.05) is 38.0 Å². The van der Waals surface area contributed by atoms with Crippen molar-refractivity contribution in [1.29, 1.82) is 0 Å². The van der Waals surface area contributed by atoms with Crippen LogP contribution in [0.25, 0.3) is 21.8 Å². The number of aromatic nitrogens is 3. The molecule has 43 heavy (non-hydrogen) atoms. The third kappa shape index (κ3) is 5.56. The lowest BCUT2D eigenvalue weighted by Crippen LogP contribution is -2.53. The lowest BCUT2D eigenvalue weighted by atomic mass is 10.0. The quantitative estimate of drug-likeness (QED) is 0.282. The van der Waals surface area contributed by atoms with Gasteiger partial charge in [-0.2, -0.15) is 0 Å². The van der Waals surface area contributed by atoms with Crippen molar-refractivity contribution in [1.82, 2.24) is 25.3 Å². The van der Waals surface area contributed by atoms with Gasteiger partial charge in [0.1, 0.15) is 5.84 Å². The van der Waals surface area contributed by atoms with Crippen molar-refractivity contribution in [3.8, 4) is 0 Å². The Morgan fingerprint density at radius 1 is 0.814 bits per heavy atom. The molecule has 0 spiro atoms. The summed E-state index contributed by atoms with van der Waals surface area (Å²) in [5.74, 6) is 7.98. The number of guanidine groups is 1. The number of rotatable bonds is 6. The number of fused-ring (bicyclic) bond motifs is 2.